The number of rotatable bonds is 6. The predicted octanol–water partition coefficient (Wildman–Crippen LogP) is 3.97. The van der Waals surface area contributed by atoms with E-state index in [1.54, 1.807) is 0 Å². The van der Waals surface area contributed by atoms with E-state index in [0.717, 1.165) is 17.8 Å². The van der Waals surface area contributed by atoms with Crippen molar-refractivity contribution in [3.05, 3.63) is 0 Å². The van der Waals surface area contributed by atoms with Crippen LogP contribution < -0.4 is 0 Å². The van der Waals surface area contributed by atoms with Gasteiger partial charge in [0.1, 0.15) is 0 Å². The Balaban J connectivity index is 0.00000154. The first-order valence-corrected chi connectivity index (χ1v) is 8.38. The molecule has 1 rings (SSSR count). The second-order valence-corrected chi connectivity index (χ2v) is 6.73. The molecule has 0 spiro atoms. The first-order valence-electron chi connectivity index (χ1n) is 8.38. The van der Waals surface area contributed by atoms with Crippen LogP contribution in [0.2, 0.25) is 0 Å². The Morgan fingerprint density at radius 1 is 0.789 bits per heavy atom. The first-order chi connectivity index (χ1) is 8.97. The Morgan fingerprint density at radius 3 is 1.58 bits per heavy atom. The van der Waals surface area contributed by atoms with Crippen LogP contribution in [0.15, 0.2) is 0 Å². The molecule has 1 aliphatic heterocycles. The van der Waals surface area contributed by atoms with Crippen molar-refractivity contribution in [2.24, 2.45) is 17.8 Å². The molecule has 2 nitrogen and oxygen atoms in total. The Hall–Kier alpha value is -0.0800. The van der Waals surface area contributed by atoms with Crippen LogP contribution in [0, 0.1) is 17.8 Å². The minimum absolute atomic E-state index is 0.839. The van der Waals surface area contributed by atoms with Gasteiger partial charge in [-0.3, -0.25) is 0 Å². The largest absolute Gasteiger partial charge is 0.304 e. The molecule has 1 saturated heterocycles. The van der Waals surface area contributed by atoms with Crippen molar-refractivity contribution in [3.63, 3.8) is 0 Å². The summed E-state index contributed by atoms with van der Waals surface area (Å²) in [5, 5.41) is 0. The monoisotopic (exact) mass is 270 g/mol. The standard InChI is InChI=1S/C15H32N2.C2H6/c1-13(2)10-15(11-14(3)4)12-17-8-6-16(5)7-9-17;1-2/h13-15H,6-12H2,1-5H3;1-2H3. The Labute approximate surface area is 122 Å². The van der Waals surface area contributed by atoms with Crippen molar-refractivity contribution >= 4 is 0 Å². The van der Waals surface area contributed by atoms with Crippen molar-refractivity contribution < 1.29 is 0 Å². The van der Waals surface area contributed by atoms with Crippen molar-refractivity contribution in [2.45, 2.75) is 54.4 Å². The normalized spacial score (nSPS) is 18.0. The van der Waals surface area contributed by atoms with Gasteiger partial charge in [-0.05, 0) is 37.6 Å². The molecule has 0 unspecified atom stereocenters. The maximum absolute atomic E-state index is 2.68. The van der Waals surface area contributed by atoms with Gasteiger partial charge in [-0.2, -0.15) is 0 Å². The molecule has 0 bridgehead atoms. The first kappa shape index (κ1) is 18.9. The van der Waals surface area contributed by atoms with E-state index in [2.05, 4.69) is 44.5 Å². The van der Waals surface area contributed by atoms with Crippen molar-refractivity contribution in [2.75, 3.05) is 39.8 Å². The van der Waals surface area contributed by atoms with E-state index in [1.807, 2.05) is 13.8 Å². The van der Waals surface area contributed by atoms with Crippen LogP contribution in [0.5, 0.6) is 0 Å². The van der Waals surface area contributed by atoms with Gasteiger partial charge >= 0.3 is 0 Å². The predicted molar refractivity (Wildman–Crippen MR) is 87.7 cm³/mol. The summed E-state index contributed by atoms with van der Waals surface area (Å²) in [6.07, 6.45) is 2.79. The maximum Gasteiger partial charge on any atom is 0.0110 e. The third-order valence-electron chi connectivity index (χ3n) is 3.72. The molecule has 0 aromatic heterocycles. The molecule has 19 heavy (non-hydrogen) atoms. The Kier molecular flexibility index (Phi) is 10.6. The van der Waals surface area contributed by atoms with Crippen LogP contribution in [-0.2, 0) is 0 Å². The highest BCUT2D eigenvalue weighted by molar-refractivity contribution is 4.74. The zero-order valence-electron chi connectivity index (χ0n) is 14.6. The highest BCUT2D eigenvalue weighted by atomic mass is 15.2. The molecule has 0 aromatic carbocycles. The average molecular weight is 271 g/mol. The molecule has 1 fully saturated rings. The molecule has 0 aliphatic carbocycles. The zero-order valence-corrected chi connectivity index (χ0v) is 14.6. The molecule has 1 aliphatic rings. The quantitative estimate of drug-likeness (QED) is 0.720. The summed E-state index contributed by atoms with van der Waals surface area (Å²) in [4.78, 5) is 5.12. The molecule has 1 heterocycles. The molecule has 0 N–H and O–H groups in total. The fraction of sp³-hybridized carbons (Fsp3) is 1.00. The molecular formula is C17H38N2. The van der Waals surface area contributed by atoms with Gasteiger partial charge in [0, 0.05) is 32.7 Å². The summed E-state index contributed by atoms with van der Waals surface area (Å²) in [6.45, 7) is 19.8. The van der Waals surface area contributed by atoms with Gasteiger partial charge < -0.3 is 9.80 Å². The molecule has 0 amide bonds. The highest BCUT2D eigenvalue weighted by Gasteiger charge is 2.19. The molecule has 116 valence electrons. The number of likely N-dealkylation sites (N-methyl/N-ethyl adjacent to an activating group) is 1. The van der Waals surface area contributed by atoms with E-state index >= 15 is 0 Å². The highest BCUT2D eigenvalue weighted by Crippen LogP contribution is 2.21. The fourth-order valence-electron chi connectivity index (χ4n) is 2.97. The van der Waals surface area contributed by atoms with Crippen LogP contribution >= 0.6 is 0 Å². The lowest BCUT2D eigenvalue weighted by atomic mass is 9.89. The molecule has 0 atom stereocenters. The fourth-order valence-corrected chi connectivity index (χ4v) is 2.97. The SMILES string of the molecule is CC.CC(C)CC(CC(C)C)CN1CCN(C)CC1. The van der Waals surface area contributed by atoms with Crippen molar-refractivity contribution in [1.29, 1.82) is 0 Å². The van der Waals surface area contributed by atoms with Crippen LogP contribution in [0.3, 0.4) is 0 Å². The molecule has 0 aromatic rings. The number of piperazine rings is 1. The minimum atomic E-state index is 0.839. The summed E-state index contributed by atoms with van der Waals surface area (Å²) in [6, 6.07) is 0. The molecular weight excluding hydrogens is 232 g/mol. The smallest absolute Gasteiger partial charge is 0.0110 e. The number of hydrogen-bond acceptors (Lipinski definition) is 2. The summed E-state index contributed by atoms with van der Waals surface area (Å²) in [5.41, 5.74) is 0. The summed E-state index contributed by atoms with van der Waals surface area (Å²) in [7, 11) is 2.23. The van der Waals surface area contributed by atoms with E-state index < -0.39 is 0 Å². The van der Waals surface area contributed by atoms with Gasteiger partial charge in [-0.15, -0.1) is 0 Å². The van der Waals surface area contributed by atoms with Gasteiger partial charge in [-0.1, -0.05) is 41.5 Å². The summed E-state index contributed by atoms with van der Waals surface area (Å²) < 4.78 is 0. The van der Waals surface area contributed by atoms with E-state index in [0.29, 0.717) is 0 Å². The van der Waals surface area contributed by atoms with Crippen molar-refractivity contribution in [1.82, 2.24) is 9.80 Å². The Morgan fingerprint density at radius 2 is 1.21 bits per heavy atom. The van der Waals surface area contributed by atoms with Crippen LogP contribution in [0.1, 0.15) is 54.4 Å². The molecule has 0 saturated carbocycles. The zero-order chi connectivity index (χ0) is 14.8. The summed E-state index contributed by atoms with van der Waals surface area (Å²) in [5.74, 6) is 2.58. The van der Waals surface area contributed by atoms with E-state index in [4.69, 9.17) is 0 Å². The van der Waals surface area contributed by atoms with Crippen molar-refractivity contribution in [3.8, 4) is 0 Å². The lowest BCUT2D eigenvalue weighted by Gasteiger charge is -2.35. The summed E-state index contributed by atoms with van der Waals surface area (Å²) >= 11 is 0. The van der Waals surface area contributed by atoms with Crippen LogP contribution in [0.4, 0.5) is 0 Å². The third-order valence-corrected chi connectivity index (χ3v) is 3.72. The average Bonchev–Trinajstić information content (AvgIpc) is 2.33. The van der Waals surface area contributed by atoms with Crippen LogP contribution in [0.25, 0.3) is 0 Å². The van der Waals surface area contributed by atoms with Crippen LogP contribution in [-0.4, -0.2) is 49.6 Å². The van der Waals surface area contributed by atoms with E-state index in [9.17, 15) is 0 Å². The topological polar surface area (TPSA) is 6.48 Å². The lowest BCUT2D eigenvalue weighted by Crippen LogP contribution is -2.46. The molecule has 0 radical (unpaired) electrons. The second-order valence-electron chi connectivity index (χ2n) is 6.73. The maximum atomic E-state index is 2.68. The van der Waals surface area contributed by atoms with Gasteiger partial charge in [0.25, 0.3) is 0 Å². The number of hydrogen-bond donors (Lipinski definition) is 0. The number of nitrogens with zero attached hydrogens (tertiary/aromatic N) is 2. The Bertz CT molecular complexity index is 183. The minimum Gasteiger partial charge on any atom is -0.304 e. The van der Waals surface area contributed by atoms with Gasteiger partial charge in [0.15, 0.2) is 0 Å². The third kappa shape index (κ3) is 9.45. The van der Waals surface area contributed by atoms with Gasteiger partial charge in [-0.25, -0.2) is 0 Å². The van der Waals surface area contributed by atoms with Gasteiger partial charge in [0.2, 0.25) is 0 Å². The van der Waals surface area contributed by atoms with Gasteiger partial charge in [0.05, 0.1) is 0 Å². The van der Waals surface area contributed by atoms with E-state index in [-0.39, 0.29) is 0 Å². The second kappa shape index (κ2) is 10.7. The van der Waals surface area contributed by atoms with E-state index in [1.165, 1.54) is 45.6 Å². The molecule has 2 heteroatoms. The lowest BCUT2D eigenvalue weighted by molar-refractivity contribution is 0.124.